The van der Waals surface area contributed by atoms with Crippen LogP contribution in [0.2, 0.25) is 0 Å². The molecule has 158 valence electrons. The van der Waals surface area contributed by atoms with Gasteiger partial charge < -0.3 is 9.47 Å². The minimum Gasteiger partial charge on any atom is -0.422 e. The van der Waals surface area contributed by atoms with E-state index in [9.17, 15) is 9.59 Å². The summed E-state index contributed by atoms with van der Waals surface area (Å²) in [7, 11) is 0. The number of hydrogen-bond acceptors (Lipinski definition) is 5. The number of pyridine rings is 1. The topological polar surface area (TPSA) is 65.5 Å². The zero-order valence-corrected chi connectivity index (χ0v) is 17.7. The van der Waals surface area contributed by atoms with Crippen LogP contribution in [0.4, 0.5) is 0 Å². The monoisotopic (exact) mass is 423 g/mol. The number of carbonyl (C=O) groups excluding carboxylic acids is 2. The Balaban J connectivity index is 1.75. The van der Waals surface area contributed by atoms with Crippen LogP contribution in [-0.2, 0) is 0 Å². The highest BCUT2D eigenvalue weighted by molar-refractivity contribution is 5.95. The number of nitrogens with zero attached hydrogens (tertiary/aromatic N) is 1. The first kappa shape index (κ1) is 21.0. The molecule has 0 aliphatic rings. The third-order valence-electron chi connectivity index (χ3n) is 5.04. The summed E-state index contributed by atoms with van der Waals surface area (Å²) in [5.74, 6) is -0.482. The molecule has 0 saturated carbocycles. The molecule has 0 bridgehead atoms. The average molecular weight is 423 g/mol. The lowest BCUT2D eigenvalue weighted by Gasteiger charge is -2.15. The molecule has 0 unspecified atom stereocenters. The Morgan fingerprint density at radius 1 is 0.625 bits per heavy atom. The number of hydrogen-bond donors (Lipinski definition) is 0. The molecule has 0 atom stereocenters. The lowest BCUT2D eigenvalue weighted by molar-refractivity contribution is 0.0734. The molecule has 0 spiro atoms. The largest absolute Gasteiger partial charge is 0.422 e. The number of benzene rings is 3. The van der Waals surface area contributed by atoms with Crippen molar-refractivity contribution >= 4 is 11.9 Å². The van der Waals surface area contributed by atoms with Gasteiger partial charge in [0.05, 0.1) is 22.4 Å². The average Bonchev–Trinajstić information content (AvgIpc) is 2.80. The summed E-state index contributed by atoms with van der Waals surface area (Å²) >= 11 is 0. The van der Waals surface area contributed by atoms with Gasteiger partial charge in [-0.15, -0.1) is 0 Å². The molecule has 0 fully saturated rings. The maximum atomic E-state index is 12.9. The van der Waals surface area contributed by atoms with Gasteiger partial charge in [0.15, 0.2) is 0 Å². The zero-order valence-electron chi connectivity index (χ0n) is 17.7. The van der Waals surface area contributed by atoms with E-state index in [-0.39, 0.29) is 11.5 Å². The van der Waals surface area contributed by atoms with Crippen molar-refractivity contribution in [1.82, 2.24) is 4.98 Å². The van der Waals surface area contributed by atoms with E-state index in [2.05, 4.69) is 4.98 Å². The van der Waals surface area contributed by atoms with Crippen molar-refractivity contribution in [2.75, 3.05) is 0 Å². The first-order chi connectivity index (χ1) is 15.5. The van der Waals surface area contributed by atoms with Crippen LogP contribution in [0.25, 0.3) is 11.3 Å². The molecule has 0 amide bonds. The molecule has 32 heavy (non-hydrogen) atoms. The molecule has 5 heteroatoms. The minimum absolute atomic E-state index is 0.257. The highest BCUT2D eigenvalue weighted by Gasteiger charge is 2.21. The van der Waals surface area contributed by atoms with Gasteiger partial charge in [0.2, 0.25) is 0 Å². The predicted octanol–water partition coefficient (Wildman–Crippen LogP) is 5.80. The molecule has 5 nitrogen and oxygen atoms in total. The highest BCUT2D eigenvalue weighted by Crippen LogP contribution is 2.38. The van der Waals surface area contributed by atoms with Crippen LogP contribution >= 0.6 is 0 Å². The Labute approximate surface area is 186 Å². The van der Waals surface area contributed by atoms with Gasteiger partial charge in [0.1, 0.15) is 11.5 Å². The van der Waals surface area contributed by atoms with Gasteiger partial charge in [0.25, 0.3) is 0 Å². The summed E-state index contributed by atoms with van der Waals surface area (Å²) < 4.78 is 11.5. The third kappa shape index (κ3) is 4.42. The molecule has 0 saturated heterocycles. The maximum absolute atomic E-state index is 12.9. The molecular formula is C27H21NO4. The first-order valence-corrected chi connectivity index (χ1v) is 10.1. The Hall–Kier alpha value is -4.25. The highest BCUT2D eigenvalue weighted by atomic mass is 16.5. The van der Waals surface area contributed by atoms with Crippen LogP contribution in [-0.4, -0.2) is 16.9 Å². The van der Waals surface area contributed by atoms with E-state index in [4.69, 9.17) is 9.47 Å². The van der Waals surface area contributed by atoms with E-state index in [0.29, 0.717) is 22.4 Å². The number of aromatic nitrogens is 1. The summed E-state index contributed by atoms with van der Waals surface area (Å²) in [4.78, 5) is 30.1. The van der Waals surface area contributed by atoms with Crippen molar-refractivity contribution in [3.8, 4) is 22.8 Å². The van der Waals surface area contributed by atoms with Crippen LogP contribution < -0.4 is 9.47 Å². The number of rotatable bonds is 5. The van der Waals surface area contributed by atoms with Crippen LogP contribution in [0.1, 0.15) is 31.8 Å². The fourth-order valence-corrected chi connectivity index (χ4v) is 3.36. The van der Waals surface area contributed by atoms with Crippen LogP contribution in [0.3, 0.4) is 0 Å². The van der Waals surface area contributed by atoms with E-state index in [1.165, 1.54) is 0 Å². The molecule has 1 aromatic heterocycles. The molecule has 1 heterocycles. The van der Waals surface area contributed by atoms with Gasteiger partial charge in [-0.25, -0.2) is 9.59 Å². The Kier molecular flexibility index (Phi) is 6.08. The number of carbonyl (C=O) groups is 2. The smallest absolute Gasteiger partial charge is 0.343 e. The predicted molar refractivity (Wildman–Crippen MR) is 122 cm³/mol. The minimum atomic E-state index is -0.498. The van der Waals surface area contributed by atoms with Crippen molar-refractivity contribution in [2.45, 2.75) is 13.8 Å². The molecule has 0 aliphatic heterocycles. The van der Waals surface area contributed by atoms with Crippen molar-refractivity contribution in [2.24, 2.45) is 0 Å². The van der Waals surface area contributed by atoms with E-state index >= 15 is 0 Å². The van der Waals surface area contributed by atoms with Gasteiger partial charge in [-0.3, -0.25) is 4.98 Å². The van der Waals surface area contributed by atoms with Gasteiger partial charge in [-0.05, 0) is 61.4 Å². The molecule has 4 rings (SSSR count). The Morgan fingerprint density at radius 2 is 1.12 bits per heavy atom. The lowest BCUT2D eigenvalue weighted by atomic mass is 10.1. The van der Waals surface area contributed by atoms with Crippen molar-refractivity contribution in [3.05, 3.63) is 113 Å². The summed E-state index contributed by atoms with van der Waals surface area (Å²) in [5, 5.41) is 0. The van der Waals surface area contributed by atoms with Crippen LogP contribution in [0.15, 0.2) is 91.1 Å². The molecule has 3 aromatic carbocycles. The quantitative estimate of drug-likeness (QED) is 0.300. The van der Waals surface area contributed by atoms with Crippen molar-refractivity contribution < 1.29 is 19.1 Å². The van der Waals surface area contributed by atoms with Crippen LogP contribution in [0, 0.1) is 13.8 Å². The fourth-order valence-electron chi connectivity index (χ4n) is 3.36. The SMILES string of the molecule is Cc1ccccc1C(=O)Oc1cccc(OC(=O)c2ccccc2C)c1-c1ccccn1. The molecular weight excluding hydrogens is 402 g/mol. The zero-order chi connectivity index (χ0) is 22.5. The second-order valence-electron chi connectivity index (χ2n) is 7.25. The van der Waals surface area contributed by atoms with Gasteiger partial charge in [-0.2, -0.15) is 0 Å². The first-order valence-electron chi connectivity index (χ1n) is 10.1. The van der Waals surface area contributed by atoms with Gasteiger partial charge in [-0.1, -0.05) is 48.5 Å². The van der Waals surface area contributed by atoms with E-state index < -0.39 is 11.9 Å². The standard InChI is InChI=1S/C27H21NO4/c1-18-10-3-5-12-20(18)26(29)31-23-15-9-16-24(25(23)22-14-7-8-17-28-22)32-27(30)21-13-6-4-11-19(21)2/h3-17H,1-2H3. The second-order valence-corrected chi connectivity index (χ2v) is 7.25. The summed E-state index contributed by atoms with van der Waals surface area (Å²) in [6, 6.07) is 24.7. The Bertz CT molecular complexity index is 1200. The third-order valence-corrected chi connectivity index (χ3v) is 5.04. The van der Waals surface area contributed by atoms with Crippen molar-refractivity contribution in [3.63, 3.8) is 0 Å². The maximum Gasteiger partial charge on any atom is 0.343 e. The van der Waals surface area contributed by atoms with Gasteiger partial charge in [0, 0.05) is 6.20 Å². The van der Waals surface area contributed by atoms with Crippen LogP contribution in [0.5, 0.6) is 11.5 Å². The molecule has 0 N–H and O–H groups in total. The number of aryl methyl sites for hydroxylation is 2. The molecule has 0 radical (unpaired) electrons. The second kappa shape index (κ2) is 9.27. The number of esters is 2. The molecule has 4 aromatic rings. The van der Waals surface area contributed by atoms with E-state index in [1.54, 1.807) is 60.8 Å². The van der Waals surface area contributed by atoms with E-state index in [1.807, 2.05) is 44.2 Å². The number of ether oxygens (including phenoxy) is 2. The Morgan fingerprint density at radius 3 is 1.59 bits per heavy atom. The summed E-state index contributed by atoms with van der Waals surface area (Å²) in [5.41, 5.74) is 3.48. The van der Waals surface area contributed by atoms with Gasteiger partial charge >= 0.3 is 11.9 Å². The fraction of sp³-hybridized carbons (Fsp3) is 0.0741. The van der Waals surface area contributed by atoms with Crippen molar-refractivity contribution in [1.29, 1.82) is 0 Å². The summed E-state index contributed by atoms with van der Waals surface area (Å²) in [6.45, 7) is 3.69. The van der Waals surface area contributed by atoms with E-state index in [0.717, 1.165) is 11.1 Å². The normalized spacial score (nSPS) is 10.4. The lowest BCUT2D eigenvalue weighted by Crippen LogP contribution is -2.13. The summed E-state index contributed by atoms with van der Waals surface area (Å²) in [6.07, 6.45) is 1.63. The molecule has 0 aliphatic carbocycles.